The van der Waals surface area contributed by atoms with Crippen molar-refractivity contribution in [1.29, 1.82) is 5.26 Å². The molecule has 1 N–H and O–H groups in total. The lowest BCUT2D eigenvalue weighted by Gasteiger charge is -2.30. The van der Waals surface area contributed by atoms with E-state index in [-0.39, 0.29) is 17.3 Å². The fraction of sp³-hybridized carbons (Fsp3) is 0.296. The highest BCUT2D eigenvalue weighted by molar-refractivity contribution is 7.93. The van der Waals surface area contributed by atoms with Crippen LogP contribution in [-0.2, 0) is 10.0 Å². The van der Waals surface area contributed by atoms with Gasteiger partial charge in [-0.15, -0.1) is 0 Å². The molecule has 36 heavy (non-hydrogen) atoms. The van der Waals surface area contributed by atoms with E-state index in [0.29, 0.717) is 29.8 Å². The van der Waals surface area contributed by atoms with Gasteiger partial charge in [-0.3, -0.25) is 4.72 Å². The zero-order valence-corrected chi connectivity index (χ0v) is 20.6. The highest BCUT2D eigenvalue weighted by Gasteiger charge is 2.36. The Morgan fingerprint density at radius 3 is 2.50 bits per heavy atom. The summed E-state index contributed by atoms with van der Waals surface area (Å²) in [4.78, 5) is 8.28. The van der Waals surface area contributed by atoms with E-state index in [4.69, 9.17) is 4.74 Å². The van der Waals surface area contributed by atoms with Crippen molar-refractivity contribution < 1.29 is 13.2 Å². The minimum Gasteiger partial charge on any atom is -0.424 e. The number of anilines is 1. The van der Waals surface area contributed by atoms with E-state index < -0.39 is 10.0 Å². The van der Waals surface area contributed by atoms with Gasteiger partial charge in [-0.1, -0.05) is 6.07 Å². The number of ether oxygens (including phenoxy) is 1. The van der Waals surface area contributed by atoms with E-state index in [1.807, 2.05) is 37.3 Å². The van der Waals surface area contributed by atoms with Gasteiger partial charge in [-0.25, -0.2) is 18.4 Å². The van der Waals surface area contributed by atoms with Gasteiger partial charge in [-0.2, -0.15) is 5.26 Å². The maximum atomic E-state index is 12.5. The molecule has 2 fully saturated rings. The summed E-state index contributed by atoms with van der Waals surface area (Å²) in [5, 5.41) is 10.8. The average Bonchev–Trinajstić information content (AvgIpc) is 3.65. The first-order valence-corrected chi connectivity index (χ1v) is 13.6. The maximum Gasteiger partial charge on any atom is 0.321 e. The van der Waals surface area contributed by atoms with Crippen molar-refractivity contribution >= 4 is 26.6 Å². The van der Waals surface area contributed by atoms with Gasteiger partial charge in [-0.05, 0) is 80.5 Å². The summed E-state index contributed by atoms with van der Waals surface area (Å²) in [7, 11) is -3.35. The van der Waals surface area contributed by atoms with Crippen molar-refractivity contribution in [1.82, 2.24) is 14.5 Å². The van der Waals surface area contributed by atoms with Crippen molar-refractivity contribution in [3.05, 3.63) is 66.0 Å². The molecule has 0 amide bonds. The molecule has 0 aliphatic heterocycles. The van der Waals surface area contributed by atoms with Crippen LogP contribution in [0.4, 0.5) is 5.69 Å². The summed E-state index contributed by atoms with van der Waals surface area (Å²) >= 11 is 0. The summed E-state index contributed by atoms with van der Waals surface area (Å²) in [5.74, 6) is 0.601. The van der Waals surface area contributed by atoms with Crippen molar-refractivity contribution in [2.24, 2.45) is 0 Å². The number of benzene rings is 2. The van der Waals surface area contributed by atoms with E-state index in [2.05, 4.69) is 25.3 Å². The van der Waals surface area contributed by atoms with Crippen LogP contribution in [0, 0.1) is 18.3 Å². The molecular weight excluding hydrogens is 474 g/mol. The molecule has 0 spiro atoms. The van der Waals surface area contributed by atoms with Gasteiger partial charge in [0.1, 0.15) is 11.8 Å². The second kappa shape index (κ2) is 8.64. The Kier molecular flexibility index (Phi) is 5.41. The monoisotopic (exact) mass is 499 g/mol. The van der Waals surface area contributed by atoms with Crippen LogP contribution >= 0.6 is 0 Å². The largest absolute Gasteiger partial charge is 0.424 e. The molecule has 2 aromatic carbocycles. The number of aryl methyl sites for hydroxylation is 1. The standard InChI is InChI=1S/C27H25N5O3S/c1-17-14-18(6-11-24(17)31-36(33,34)21-8-9-21)26-23(16-28)22-10-7-20(35-27-29-12-3-13-30-27)15-25(22)32(26)19-4-2-5-19/h3,6-7,10-15,19,21,31H,2,4-5,8-9H2,1H3. The van der Waals surface area contributed by atoms with Gasteiger partial charge in [0, 0.05) is 29.9 Å². The molecule has 2 aliphatic rings. The zero-order chi connectivity index (χ0) is 24.9. The van der Waals surface area contributed by atoms with Gasteiger partial charge in [0.15, 0.2) is 0 Å². The Morgan fingerprint density at radius 2 is 1.86 bits per heavy atom. The molecule has 4 aromatic rings. The van der Waals surface area contributed by atoms with Crippen molar-refractivity contribution in [2.75, 3.05) is 4.72 Å². The highest BCUT2D eigenvalue weighted by atomic mass is 32.2. The number of rotatable bonds is 7. The minimum absolute atomic E-state index is 0.263. The quantitative estimate of drug-likeness (QED) is 0.349. The van der Waals surface area contributed by atoms with Gasteiger partial charge < -0.3 is 9.30 Å². The molecule has 2 heterocycles. The molecule has 0 saturated heterocycles. The number of hydrogen-bond donors (Lipinski definition) is 1. The van der Waals surface area contributed by atoms with Crippen LogP contribution in [-0.4, -0.2) is 28.2 Å². The highest BCUT2D eigenvalue weighted by Crippen LogP contribution is 2.44. The Balaban J connectivity index is 1.46. The zero-order valence-electron chi connectivity index (χ0n) is 19.8. The minimum atomic E-state index is -3.35. The lowest BCUT2D eigenvalue weighted by molar-refractivity contribution is 0.324. The maximum absolute atomic E-state index is 12.5. The van der Waals surface area contributed by atoms with Crippen LogP contribution in [0.2, 0.25) is 0 Å². The van der Waals surface area contributed by atoms with E-state index in [1.165, 1.54) is 0 Å². The first-order valence-electron chi connectivity index (χ1n) is 12.1. The number of sulfonamides is 1. The summed E-state index contributed by atoms with van der Waals surface area (Å²) in [6.07, 6.45) is 7.88. The normalized spacial score (nSPS) is 15.9. The van der Waals surface area contributed by atoms with Crippen LogP contribution in [0.3, 0.4) is 0 Å². The van der Waals surface area contributed by atoms with E-state index in [1.54, 1.807) is 24.5 Å². The first-order chi connectivity index (χ1) is 17.4. The van der Waals surface area contributed by atoms with Crippen LogP contribution < -0.4 is 9.46 Å². The topological polar surface area (TPSA) is 110 Å². The molecule has 8 nitrogen and oxygen atoms in total. The van der Waals surface area contributed by atoms with Crippen molar-refractivity contribution in [3.63, 3.8) is 0 Å². The molecule has 2 aliphatic carbocycles. The molecule has 9 heteroatoms. The van der Waals surface area contributed by atoms with Crippen LogP contribution in [0.5, 0.6) is 11.8 Å². The molecule has 6 rings (SSSR count). The second-order valence-electron chi connectivity index (χ2n) is 9.48. The van der Waals surface area contributed by atoms with Crippen molar-refractivity contribution in [3.8, 4) is 29.1 Å². The van der Waals surface area contributed by atoms with E-state index in [9.17, 15) is 13.7 Å². The number of nitriles is 1. The number of nitrogens with one attached hydrogen (secondary N) is 1. The third-order valence-corrected chi connectivity index (χ3v) is 8.85. The van der Waals surface area contributed by atoms with Crippen LogP contribution in [0.25, 0.3) is 22.2 Å². The van der Waals surface area contributed by atoms with Gasteiger partial charge in [0.05, 0.1) is 27.7 Å². The smallest absolute Gasteiger partial charge is 0.321 e. The van der Waals surface area contributed by atoms with E-state index >= 15 is 0 Å². The molecule has 0 bridgehead atoms. The lowest BCUT2D eigenvalue weighted by atomic mass is 9.92. The Hall–Kier alpha value is -3.90. The average molecular weight is 500 g/mol. The Bertz CT molecular complexity index is 1610. The third-order valence-electron chi connectivity index (χ3n) is 6.99. The fourth-order valence-electron chi connectivity index (χ4n) is 4.76. The number of fused-ring (bicyclic) bond motifs is 1. The van der Waals surface area contributed by atoms with Gasteiger partial charge in [0.2, 0.25) is 10.0 Å². The number of nitrogens with zero attached hydrogens (tertiary/aromatic N) is 4. The molecular formula is C27H25N5O3S. The Morgan fingerprint density at radius 1 is 1.08 bits per heavy atom. The fourth-order valence-corrected chi connectivity index (χ4v) is 6.22. The summed E-state index contributed by atoms with van der Waals surface area (Å²) in [6, 6.07) is 16.0. The Labute approximate surface area is 209 Å². The summed E-state index contributed by atoms with van der Waals surface area (Å²) in [5.41, 5.74) is 4.66. The summed E-state index contributed by atoms with van der Waals surface area (Å²) in [6.45, 7) is 1.89. The lowest BCUT2D eigenvalue weighted by Crippen LogP contribution is -2.18. The van der Waals surface area contributed by atoms with Crippen molar-refractivity contribution in [2.45, 2.75) is 50.3 Å². The molecule has 182 valence electrons. The molecule has 0 radical (unpaired) electrons. The number of hydrogen-bond acceptors (Lipinski definition) is 6. The van der Waals surface area contributed by atoms with Crippen LogP contribution in [0.1, 0.15) is 49.3 Å². The van der Waals surface area contributed by atoms with Crippen LogP contribution in [0.15, 0.2) is 54.9 Å². The third kappa shape index (κ3) is 3.97. The van der Waals surface area contributed by atoms with Gasteiger partial charge in [0.25, 0.3) is 0 Å². The predicted octanol–water partition coefficient (Wildman–Crippen LogP) is 5.70. The van der Waals surface area contributed by atoms with E-state index in [0.717, 1.165) is 47.0 Å². The number of aromatic nitrogens is 3. The first kappa shape index (κ1) is 22.6. The predicted molar refractivity (Wildman–Crippen MR) is 137 cm³/mol. The SMILES string of the molecule is Cc1cc(-c2c(C#N)c3ccc(Oc4ncccn4)cc3n2C2CCC2)ccc1NS(=O)(=O)C1CC1. The molecule has 0 atom stereocenters. The summed E-state index contributed by atoms with van der Waals surface area (Å²) < 4.78 is 35.8. The molecule has 2 saturated carbocycles. The van der Waals surface area contributed by atoms with Gasteiger partial charge >= 0.3 is 6.01 Å². The molecule has 0 unspecified atom stereocenters. The molecule has 2 aromatic heterocycles. The second-order valence-corrected chi connectivity index (χ2v) is 11.4.